The van der Waals surface area contributed by atoms with Gasteiger partial charge in [0.2, 0.25) is 5.88 Å². The number of rotatable bonds is 5. The molecule has 9 nitrogen and oxygen atoms in total. The summed E-state index contributed by atoms with van der Waals surface area (Å²) in [5, 5.41) is 29.3. The lowest BCUT2D eigenvalue weighted by Crippen LogP contribution is -2.62. The zero-order chi connectivity index (χ0) is 19.8. The number of nitrogens with one attached hydrogen (secondary N) is 1. The molecule has 1 aliphatic carbocycles. The second-order valence-electron chi connectivity index (χ2n) is 7.54. The summed E-state index contributed by atoms with van der Waals surface area (Å²) in [6, 6.07) is 5.60. The van der Waals surface area contributed by atoms with Crippen molar-refractivity contribution in [3.63, 3.8) is 0 Å². The van der Waals surface area contributed by atoms with Gasteiger partial charge in [0.1, 0.15) is 17.1 Å². The van der Waals surface area contributed by atoms with Crippen molar-refractivity contribution < 1.29 is 19.4 Å². The molecular formula is C19H21N5O4. The molecule has 28 heavy (non-hydrogen) atoms. The molecule has 2 aliphatic heterocycles. The Morgan fingerprint density at radius 3 is 2.75 bits per heavy atom. The number of hydrogen-bond acceptors (Lipinski definition) is 7. The van der Waals surface area contributed by atoms with Crippen LogP contribution in [-0.2, 0) is 11.2 Å². The fourth-order valence-corrected chi connectivity index (χ4v) is 4.28. The van der Waals surface area contributed by atoms with E-state index in [-0.39, 0.29) is 11.3 Å². The number of aryl methyl sites for hydroxylation is 1. The van der Waals surface area contributed by atoms with Gasteiger partial charge in [-0.1, -0.05) is 0 Å². The monoisotopic (exact) mass is 383 g/mol. The fourth-order valence-electron chi connectivity index (χ4n) is 4.28. The highest BCUT2D eigenvalue weighted by Gasteiger charge is 2.50. The van der Waals surface area contributed by atoms with Gasteiger partial charge in [0.25, 0.3) is 0 Å². The topological polar surface area (TPSA) is 130 Å². The molecule has 3 fully saturated rings. The summed E-state index contributed by atoms with van der Waals surface area (Å²) in [5.74, 6) is 0.458. The first-order chi connectivity index (χ1) is 13.5. The Balaban J connectivity index is 1.57. The number of pyridine rings is 1. The van der Waals surface area contributed by atoms with Gasteiger partial charge >= 0.3 is 6.09 Å². The lowest BCUT2D eigenvalue weighted by Gasteiger charge is -2.53. The summed E-state index contributed by atoms with van der Waals surface area (Å²) >= 11 is 0. The minimum atomic E-state index is -1.01. The van der Waals surface area contributed by atoms with E-state index in [9.17, 15) is 10.1 Å². The molecule has 4 heterocycles. The van der Waals surface area contributed by atoms with Gasteiger partial charge in [-0.15, -0.1) is 10.2 Å². The number of carboxylic acid groups (broad SMARTS) is 1. The van der Waals surface area contributed by atoms with E-state index in [0.717, 1.165) is 31.2 Å². The van der Waals surface area contributed by atoms with Crippen LogP contribution in [0.5, 0.6) is 5.88 Å². The van der Waals surface area contributed by atoms with Crippen molar-refractivity contribution in [1.29, 1.82) is 5.26 Å². The molecule has 2 aromatic heterocycles. The van der Waals surface area contributed by atoms with Crippen molar-refractivity contribution in [2.75, 3.05) is 13.7 Å². The van der Waals surface area contributed by atoms with Crippen molar-refractivity contribution in [2.45, 2.75) is 49.7 Å². The average Bonchev–Trinajstić information content (AvgIpc) is 2.72. The lowest BCUT2D eigenvalue weighted by atomic mass is 9.69. The molecular weight excluding hydrogens is 362 g/mol. The minimum absolute atomic E-state index is 0.262. The largest absolute Gasteiger partial charge is 0.481 e. The Kier molecular flexibility index (Phi) is 4.51. The third-order valence-electron chi connectivity index (χ3n) is 5.97. The van der Waals surface area contributed by atoms with Gasteiger partial charge in [-0.05, 0) is 44.6 Å². The van der Waals surface area contributed by atoms with E-state index in [1.165, 1.54) is 0 Å². The molecule has 2 saturated heterocycles. The summed E-state index contributed by atoms with van der Waals surface area (Å²) in [7, 11) is 1.54. The maximum absolute atomic E-state index is 11.1. The van der Waals surface area contributed by atoms with E-state index in [4.69, 9.17) is 14.6 Å². The molecule has 0 unspecified atom stereocenters. The molecule has 2 aromatic rings. The Hall–Kier alpha value is -2.99. The van der Waals surface area contributed by atoms with E-state index < -0.39 is 11.6 Å². The van der Waals surface area contributed by atoms with Crippen LogP contribution in [0.25, 0.3) is 11.0 Å². The first-order valence-electron chi connectivity index (χ1n) is 9.24. The SMILES string of the molecule is COc1ccc2nnc(C#N)c(CCC34CCC(NC(=O)O)(CC3)CO4)c2n1. The molecule has 0 spiro atoms. The highest BCUT2D eigenvalue weighted by Crippen LogP contribution is 2.46. The number of carbonyl (C=O) groups is 1. The van der Waals surface area contributed by atoms with Crippen molar-refractivity contribution in [3.05, 3.63) is 23.4 Å². The van der Waals surface area contributed by atoms with Crippen molar-refractivity contribution in [2.24, 2.45) is 0 Å². The number of ether oxygens (including phenoxy) is 2. The van der Waals surface area contributed by atoms with Gasteiger partial charge < -0.3 is 19.9 Å². The molecule has 0 aromatic carbocycles. The van der Waals surface area contributed by atoms with Gasteiger partial charge in [0, 0.05) is 11.6 Å². The Labute approximate surface area is 161 Å². The summed E-state index contributed by atoms with van der Waals surface area (Å²) in [6.07, 6.45) is 3.35. The quantitative estimate of drug-likeness (QED) is 0.803. The lowest BCUT2D eigenvalue weighted by molar-refractivity contribution is -0.162. The molecule has 3 aliphatic rings. The fraction of sp³-hybridized carbons (Fsp3) is 0.526. The van der Waals surface area contributed by atoms with Crippen molar-refractivity contribution in [1.82, 2.24) is 20.5 Å². The predicted molar refractivity (Wildman–Crippen MR) is 98.0 cm³/mol. The van der Waals surface area contributed by atoms with Crippen LogP contribution >= 0.6 is 0 Å². The Morgan fingerprint density at radius 2 is 2.14 bits per heavy atom. The number of fused-ring (bicyclic) bond motifs is 4. The number of nitrogens with zero attached hydrogens (tertiary/aromatic N) is 4. The van der Waals surface area contributed by atoms with Crippen LogP contribution in [0, 0.1) is 11.3 Å². The predicted octanol–water partition coefficient (Wildman–Crippen LogP) is 2.19. The molecule has 5 rings (SSSR count). The minimum Gasteiger partial charge on any atom is -0.481 e. The maximum Gasteiger partial charge on any atom is 0.405 e. The normalized spacial score (nSPS) is 26.0. The van der Waals surface area contributed by atoms with Gasteiger partial charge in [0.05, 0.1) is 24.9 Å². The number of aromatic nitrogens is 3. The van der Waals surface area contributed by atoms with E-state index in [1.54, 1.807) is 19.2 Å². The second kappa shape index (κ2) is 6.87. The van der Waals surface area contributed by atoms with Gasteiger partial charge in [0.15, 0.2) is 5.69 Å². The molecule has 146 valence electrons. The van der Waals surface area contributed by atoms with Crippen LogP contribution < -0.4 is 10.1 Å². The molecule has 1 saturated carbocycles. The van der Waals surface area contributed by atoms with Gasteiger partial charge in [-0.3, -0.25) is 0 Å². The second-order valence-corrected chi connectivity index (χ2v) is 7.54. The van der Waals surface area contributed by atoms with Crippen LogP contribution in [0.15, 0.2) is 12.1 Å². The van der Waals surface area contributed by atoms with Crippen LogP contribution in [0.3, 0.4) is 0 Å². The Morgan fingerprint density at radius 1 is 1.36 bits per heavy atom. The van der Waals surface area contributed by atoms with Gasteiger partial charge in [-0.25, -0.2) is 9.78 Å². The molecule has 2 N–H and O–H groups in total. The summed E-state index contributed by atoms with van der Waals surface area (Å²) in [5.41, 5.74) is 1.48. The molecule has 0 atom stereocenters. The molecule has 9 heteroatoms. The average molecular weight is 383 g/mol. The van der Waals surface area contributed by atoms with E-state index in [2.05, 4.69) is 26.6 Å². The number of amides is 1. The van der Waals surface area contributed by atoms with Gasteiger partial charge in [-0.2, -0.15) is 5.26 Å². The molecule has 1 amide bonds. The summed E-state index contributed by atoms with van der Waals surface area (Å²) in [6.45, 7) is 0.381. The first-order valence-corrected chi connectivity index (χ1v) is 9.24. The molecule has 2 bridgehead atoms. The number of nitriles is 1. The third kappa shape index (κ3) is 3.20. The van der Waals surface area contributed by atoms with Crippen LogP contribution in [-0.4, -0.2) is 51.2 Å². The van der Waals surface area contributed by atoms with Crippen LogP contribution in [0.1, 0.15) is 43.4 Å². The zero-order valence-electron chi connectivity index (χ0n) is 15.6. The van der Waals surface area contributed by atoms with Crippen LogP contribution in [0.2, 0.25) is 0 Å². The van der Waals surface area contributed by atoms with E-state index in [0.29, 0.717) is 36.4 Å². The van der Waals surface area contributed by atoms with Crippen molar-refractivity contribution >= 4 is 17.1 Å². The first kappa shape index (κ1) is 18.4. The third-order valence-corrected chi connectivity index (χ3v) is 5.97. The van der Waals surface area contributed by atoms with Crippen molar-refractivity contribution in [3.8, 4) is 11.9 Å². The standard InChI is InChI=1S/C19H21N5O4/c1-27-15-3-2-13-16(21-15)12(14(10-20)24-23-13)4-5-19-8-6-18(7-9-19,11-28-19)22-17(25)26/h2-3,22H,4-9,11H2,1H3,(H,25,26). The summed E-state index contributed by atoms with van der Waals surface area (Å²) < 4.78 is 11.3. The highest BCUT2D eigenvalue weighted by atomic mass is 16.5. The Bertz CT molecular complexity index is 946. The number of methoxy groups -OCH3 is 1. The molecule has 0 radical (unpaired) electrons. The number of hydrogen-bond donors (Lipinski definition) is 2. The highest BCUT2D eigenvalue weighted by molar-refractivity contribution is 5.79. The summed E-state index contributed by atoms with van der Waals surface area (Å²) in [4.78, 5) is 15.5. The van der Waals surface area contributed by atoms with Crippen LogP contribution in [0.4, 0.5) is 4.79 Å². The van der Waals surface area contributed by atoms with E-state index in [1.807, 2.05) is 0 Å². The maximum atomic E-state index is 11.1. The van der Waals surface area contributed by atoms with E-state index >= 15 is 0 Å². The smallest absolute Gasteiger partial charge is 0.405 e. The zero-order valence-corrected chi connectivity index (χ0v) is 15.6.